The molecule has 20 heavy (non-hydrogen) atoms. The predicted molar refractivity (Wildman–Crippen MR) is 76.4 cm³/mol. The standard InChI is InChI=1S/C15H20N2O3/c16-12-7-3-2-6-11(12)14(20)17-15(10-13(18)19)8-4-1-5-9-15/h2-3,6-7H,1,4-5,8-10,16H2,(H,17,20)(H,18,19). The monoisotopic (exact) mass is 276 g/mol. The van der Waals surface area contributed by atoms with E-state index in [1.54, 1.807) is 24.3 Å². The molecule has 1 aliphatic carbocycles. The summed E-state index contributed by atoms with van der Waals surface area (Å²) in [6.45, 7) is 0. The van der Waals surface area contributed by atoms with E-state index < -0.39 is 11.5 Å². The predicted octanol–water partition coefficient (Wildman–Crippen LogP) is 2.18. The van der Waals surface area contributed by atoms with E-state index in [2.05, 4.69) is 5.32 Å². The second-order valence-corrected chi connectivity index (χ2v) is 5.45. The average molecular weight is 276 g/mol. The molecule has 0 radical (unpaired) electrons. The summed E-state index contributed by atoms with van der Waals surface area (Å²) in [6.07, 6.45) is 4.35. The third kappa shape index (κ3) is 3.29. The van der Waals surface area contributed by atoms with Crippen molar-refractivity contribution in [2.45, 2.75) is 44.1 Å². The van der Waals surface area contributed by atoms with Crippen LogP contribution < -0.4 is 11.1 Å². The molecule has 5 heteroatoms. The second kappa shape index (κ2) is 5.94. The summed E-state index contributed by atoms with van der Waals surface area (Å²) < 4.78 is 0. The molecule has 108 valence electrons. The molecule has 2 rings (SSSR count). The van der Waals surface area contributed by atoms with E-state index >= 15 is 0 Å². The molecule has 0 unspecified atom stereocenters. The van der Waals surface area contributed by atoms with Gasteiger partial charge in [0, 0.05) is 5.69 Å². The Hall–Kier alpha value is -2.04. The number of carbonyl (C=O) groups is 2. The third-order valence-electron chi connectivity index (χ3n) is 3.88. The molecule has 0 bridgehead atoms. The summed E-state index contributed by atoms with van der Waals surface area (Å²) in [7, 11) is 0. The van der Waals surface area contributed by atoms with E-state index in [9.17, 15) is 9.59 Å². The number of carboxylic acid groups (broad SMARTS) is 1. The molecular formula is C15H20N2O3. The van der Waals surface area contributed by atoms with E-state index in [1.165, 1.54) is 0 Å². The number of carbonyl (C=O) groups excluding carboxylic acids is 1. The molecule has 4 N–H and O–H groups in total. The SMILES string of the molecule is Nc1ccccc1C(=O)NC1(CC(=O)O)CCCCC1. The first-order valence-corrected chi connectivity index (χ1v) is 6.91. The van der Waals surface area contributed by atoms with Crippen LogP contribution in [-0.4, -0.2) is 22.5 Å². The van der Waals surface area contributed by atoms with Gasteiger partial charge in [-0.15, -0.1) is 0 Å². The highest BCUT2D eigenvalue weighted by molar-refractivity contribution is 5.99. The van der Waals surface area contributed by atoms with E-state index in [4.69, 9.17) is 10.8 Å². The molecule has 0 heterocycles. The van der Waals surface area contributed by atoms with Crippen molar-refractivity contribution < 1.29 is 14.7 Å². The smallest absolute Gasteiger partial charge is 0.305 e. The van der Waals surface area contributed by atoms with Crippen LogP contribution in [-0.2, 0) is 4.79 Å². The van der Waals surface area contributed by atoms with Crippen LogP contribution in [0.4, 0.5) is 5.69 Å². The zero-order chi connectivity index (χ0) is 14.6. The van der Waals surface area contributed by atoms with Gasteiger partial charge < -0.3 is 16.2 Å². The fraction of sp³-hybridized carbons (Fsp3) is 0.467. The summed E-state index contributed by atoms with van der Waals surface area (Å²) >= 11 is 0. The van der Waals surface area contributed by atoms with E-state index in [1.807, 2.05) is 0 Å². The van der Waals surface area contributed by atoms with Gasteiger partial charge in [0.1, 0.15) is 0 Å². The summed E-state index contributed by atoms with van der Waals surface area (Å²) in [5.74, 6) is -1.17. The van der Waals surface area contributed by atoms with Gasteiger partial charge in [-0.1, -0.05) is 31.4 Å². The van der Waals surface area contributed by atoms with Crippen molar-refractivity contribution in [2.24, 2.45) is 0 Å². The van der Waals surface area contributed by atoms with Crippen LogP contribution in [0.3, 0.4) is 0 Å². The van der Waals surface area contributed by atoms with Gasteiger partial charge in [-0.2, -0.15) is 0 Å². The first kappa shape index (κ1) is 14.4. The van der Waals surface area contributed by atoms with Crippen molar-refractivity contribution in [2.75, 3.05) is 5.73 Å². The van der Waals surface area contributed by atoms with Gasteiger partial charge in [0.15, 0.2) is 0 Å². The van der Waals surface area contributed by atoms with Gasteiger partial charge in [-0.3, -0.25) is 9.59 Å². The van der Waals surface area contributed by atoms with Crippen molar-refractivity contribution in [3.05, 3.63) is 29.8 Å². The fourth-order valence-corrected chi connectivity index (χ4v) is 2.88. The number of hydrogen-bond donors (Lipinski definition) is 3. The summed E-state index contributed by atoms with van der Waals surface area (Å²) in [5, 5.41) is 12.0. The Labute approximate surface area is 118 Å². The Morgan fingerprint density at radius 2 is 1.85 bits per heavy atom. The van der Waals surface area contributed by atoms with Gasteiger partial charge >= 0.3 is 5.97 Å². The highest BCUT2D eigenvalue weighted by atomic mass is 16.4. The Bertz CT molecular complexity index is 508. The van der Waals surface area contributed by atoms with Crippen molar-refractivity contribution >= 4 is 17.6 Å². The maximum atomic E-state index is 12.3. The number of hydrogen-bond acceptors (Lipinski definition) is 3. The van der Waals surface area contributed by atoms with Gasteiger partial charge in [0.2, 0.25) is 0 Å². The van der Waals surface area contributed by atoms with Crippen molar-refractivity contribution in [1.29, 1.82) is 0 Å². The van der Waals surface area contributed by atoms with Gasteiger partial charge in [0.05, 0.1) is 17.5 Å². The molecule has 1 fully saturated rings. The van der Waals surface area contributed by atoms with Crippen molar-refractivity contribution in [1.82, 2.24) is 5.32 Å². The lowest BCUT2D eigenvalue weighted by Gasteiger charge is -2.37. The van der Waals surface area contributed by atoms with Crippen LogP contribution in [0, 0.1) is 0 Å². The van der Waals surface area contributed by atoms with E-state index in [0.717, 1.165) is 19.3 Å². The average Bonchev–Trinajstić information content (AvgIpc) is 2.39. The minimum atomic E-state index is -0.881. The number of rotatable bonds is 4. The first-order valence-electron chi connectivity index (χ1n) is 6.91. The van der Waals surface area contributed by atoms with Crippen LogP contribution in [0.25, 0.3) is 0 Å². The Kier molecular flexibility index (Phi) is 4.27. The largest absolute Gasteiger partial charge is 0.481 e. The maximum absolute atomic E-state index is 12.3. The number of para-hydroxylation sites is 1. The van der Waals surface area contributed by atoms with Gasteiger partial charge in [-0.25, -0.2) is 0 Å². The van der Waals surface area contributed by atoms with E-state index in [0.29, 0.717) is 24.1 Å². The number of nitrogens with one attached hydrogen (secondary N) is 1. The minimum Gasteiger partial charge on any atom is -0.481 e. The van der Waals surface area contributed by atoms with Crippen molar-refractivity contribution in [3.8, 4) is 0 Å². The fourth-order valence-electron chi connectivity index (χ4n) is 2.88. The molecule has 5 nitrogen and oxygen atoms in total. The molecule has 1 aromatic rings. The quantitative estimate of drug-likeness (QED) is 0.735. The number of nitrogens with two attached hydrogens (primary N) is 1. The molecule has 0 aromatic heterocycles. The maximum Gasteiger partial charge on any atom is 0.305 e. The molecule has 0 aliphatic heterocycles. The van der Waals surface area contributed by atoms with Crippen LogP contribution in [0.2, 0.25) is 0 Å². The molecule has 1 aromatic carbocycles. The Morgan fingerprint density at radius 3 is 2.45 bits per heavy atom. The van der Waals surface area contributed by atoms with E-state index in [-0.39, 0.29) is 12.3 Å². The molecule has 1 aliphatic rings. The van der Waals surface area contributed by atoms with Gasteiger partial charge in [-0.05, 0) is 25.0 Å². The Morgan fingerprint density at radius 1 is 1.20 bits per heavy atom. The zero-order valence-corrected chi connectivity index (χ0v) is 11.4. The van der Waals surface area contributed by atoms with Crippen LogP contribution in [0.15, 0.2) is 24.3 Å². The second-order valence-electron chi connectivity index (χ2n) is 5.45. The molecule has 0 saturated heterocycles. The lowest BCUT2D eigenvalue weighted by Crippen LogP contribution is -2.51. The lowest BCUT2D eigenvalue weighted by molar-refractivity contribution is -0.139. The lowest BCUT2D eigenvalue weighted by atomic mass is 9.79. The zero-order valence-electron chi connectivity index (χ0n) is 11.4. The number of benzene rings is 1. The number of anilines is 1. The molecular weight excluding hydrogens is 256 g/mol. The number of aliphatic carboxylic acids is 1. The minimum absolute atomic E-state index is 0.0362. The summed E-state index contributed by atoms with van der Waals surface area (Å²) in [5.41, 5.74) is 5.97. The Balaban J connectivity index is 2.17. The summed E-state index contributed by atoms with van der Waals surface area (Å²) in [4.78, 5) is 23.4. The van der Waals surface area contributed by atoms with Crippen LogP contribution >= 0.6 is 0 Å². The molecule has 0 atom stereocenters. The highest BCUT2D eigenvalue weighted by Gasteiger charge is 2.36. The third-order valence-corrected chi connectivity index (χ3v) is 3.88. The van der Waals surface area contributed by atoms with Crippen LogP contribution in [0.5, 0.6) is 0 Å². The summed E-state index contributed by atoms with van der Waals surface area (Å²) in [6, 6.07) is 6.83. The van der Waals surface area contributed by atoms with Gasteiger partial charge in [0.25, 0.3) is 5.91 Å². The number of carboxylic acids is 1. The normalized spacial score (nSPS) is 17.4. The highest BCUT2D eigenvalue weighted by Crippen LogP contribution is 2.31. The van der Waals surface area contributed by atoms with Crippen LogP contribution in [0.1, 0.15) is 48.9 Å². The number of nitrogen functional groups attached to an aromatic ring is 1. The van der Waals surface area contributed by atoms with Crippen molar-refractivity contribution in [3.63, 3.8) is 0 Å². The number of amides is 1. The molecule has 1 saturated carbocycles. The molecule has 1 amide bonds. The first-order chi connectivity index (χ1) is 9.52. The topological polar surface area (TPSA) is 92.4 Å². The molecule has 0 spiro atoms.